The highest BCUT2D eigenvalue weighted by molar-refractivity contribution is 5.75. The molecule has 0 aliphatic rings. The Balaban J connectivity index is 2.03. The van der Waals surface area contributed by atoms with Crippen molar-refractivity contribution in [2.24, 2.45) is 0 Å². The van der Waals surface area contributed by atoms with Gasteiger partial charge in [0.05, 0.1) is 11.9 Å². The maximum atomic E-state index is 13.2. The number of likely N-dealkylation sites (N-methyl/N-ethyl adjacent to an activating group) is 1. The minimum atomic E-state index is -0.878. The summed E-state index contributed by atoms with van der Waals surface area (Å²) in [6.07, 6.45) is 3.24. The molecule has 0 aliphatic carbocycles. The van der Waals surface area contributed by atoms with Gasteiger partial charge in [-0.2, -0.15) is 5.10 Å². The third-order valence-electron chi connectivity index (χ3n) is 3.04. The van der Waals surface area contributed by atoms with Gasteiger partial charge in [0.15, 0.2) is 11.6 Å². The standard InChI is InChI=1S/C14H16F2N4O/c1-9(10-3-4-12(15)13(16)5-10)19-11-6-18-20(7-11)8-14(21)17-2/h3-7,9,19H,8H2,1-2H3,(H,17,21). The lowest BCUT2D eigenvalue weighted by atomic mass is 10.1. The van der Waals surface area contributed by atoms with Gasteiger partial charge in [0.1, 0.15) is 6.54 Å². The zero-order valence-corrected chi connectivity index (χ0v) is 11.7. The average Bonchev–Trinajstić information content (AvgIpc) is 2.88. The summed E-state index contributed by atoms with van der Waals surface area (Å²) < 4.78 is 27.6. The fraction of sp³-hybridized carbons (Fsp3) is 0.286. The molecule has 112 valence electrons. The molecule has 5 nitrogen and oxygen atoms in total. The van der Waals surface area contributed by atoms with E-state index < -0.39 is 11.6 Å². The Morgan fingerprint density at radius 1 is 1.38 bits per heavy atom. The van der Waals surface area contributed by atoms with Gasteiger partial charge in [0.25, 0.3) is 0 Å². The fourth-order valence-electron chi connectivity index (χ4n) is 1.87. The van der Waals surface area contributed by atoms with Crippen LogP contribution in [0.4, 0.5) is 14.5 Å². The summed E-state index contributed by atoms with van der Waals surface area (Å²) in [5, 5.41) is 9.66. The Hall–Kier alpha value is -2.44. The molecule has 0 spiro atoms. The summed E-state index contributed by atoms with van der Waals surface area (Å²) >= 11 is 0. The molecule has 0 fully saturated rings. The van der Waals surface area contributed by atoms with Gasteiger partial charge < -0.3 is 10.6 Å². The van der Waals surface area contributed by atoms with Crippen LogP contribution in [0.5, 0.6) is 0 Å². The van der Waals surface area contributed by atoms with Crippen LogP contribution in [-0.4, -0.2) is 22.7 Å². The first-order chi connectivity index (χ1) is 9.99. The van der Waals surface area contributed by atoms with Crippen LogP contribution in [0.3, 0.4) is 0 Å². The van der Waals surface area contributed by atoms with Crippen LogP contribution in [0.25, 0.3) is 0 Å². The van der Waals surface area contributed by atoms with Gasteiger partial charge in [0, 0.05) is 19.3 Å². The second kappa shape index (κ2) is 6.34. The maximum Gasteiger partial charge on any atom is 0.241 e. The van der Waals surface area contributed by atoms with Crippen molar-refractivity contribution >= 4 is 11.6 Å². The normalized spacial score (nSPS) is 12.0. The largest absolute Gasteiger partial charge is 0.376 e. The summed E-state index contributed by atoms with van der Waals surface area (Å²) in [6, 6.07) is 3.54. The highest BCUT2D eigenvalue weighted by atomic mass is 19.2. The molecule has 0 saturated carbocycles. The Morgan fingerprint density at radius 3 is 2.81 bits per heavy atom. The van der Waals surface area contributed by atoms with E-state index in [1.807, 2.05) is 6.92 Å². The Labute approximate surface area is 121 Å². The van der Waals surface area contributed by atoms with E-state index in [1.54, 1.807) is 19.4 Å². The number of carbonyl (C=O) groups is 1. The van der Waals surface area contributed by atoms with Gasteiger partial charge >= 0.3 is 0 Å². The van der Waals surface area contributed by atoms with E-state index >= 15 is 0 Å². The second-order valence-corrected chi connectivity index (χ2v) is 4.64. The number of benzene rings is 1. The van der Waals surface area contributed by atoms with Gasteiger partial charge in [-0.1, -0.05) is 6.07 Å². The van der Waals surface area contributed by atoms with Crippen molar-refractivity contribution in [1.82, 2.24) is 15.1 Å². The molecule has 0 aliphatic heterocycles. The topological polar surface area (TPSA) is 59.0 Å². The monoisotopic (exact) mass is 294 g/mol. The predicted octanol–water partition coefficient (Wildman–Crippen LogP) is 2.08. The first-order valence-electron chi connectivity index (χ1n) is 6.44. The quantitative estimate of drug-likeness (QED) is 0.887. The highest BCUT2D eigenvalue weighted by Gasteiger charge is 2.10. The van der Waals surface area contributed by atoms with Crippen LogP contribution < -0.4 is 10.6 Å². The summed E-state index contributed by atoms with van der Waals surface area (Å²) in [4.78, 5) is 11.2. The summed E-state index contributed by atoms with van der Waals surface area (Å²) in [7, 11) is 1.55. The van der Waals surface area contributed by atoms with E-state index in [9.17, 15) is 13.6 Å². The third kappa shape index (κ3) is 3.77. The fourth-order valence-corrected chi connectivity index (χ4v) is 1.87. The summed E-state index contributed by atoms with van der Waals surface area (Å²) in [5.74, 6) is -1.90. The van der Waals surface area contributed by atoms with Crippen LogP contribution in [0.1, 0.15) is 18.5 Å². The van der Waals surface area contributed by atoms with Crippen molar-refractivity contribution in [2.45, 2.75) is 19.5 Å². The molecule has 7 heteroatoms. The van der Waals surface area contributed by atoms with Crippen molar-refractivity contribution in [2.75, 3.05) is 12.4 Å². The minimum Gasteiger partial charge on any atom is -0.376 e. The lowest BCUT2D eigenvalue weighted by molar-refractivity contribution is -0.121. The van der Waals surface area contributed by atoms with Crippen LogP contribution in [0.2, 0.25) is 0 Å². The molecule has 1 heterocycles. The molecule has 1 aromatic carbocycles. The number of hydrogen-bond acceptors (Lipinski definition) is 3. The molecule has 1 amide bonds. The summed E-state index contributed by atoms with van der Waals surface area (Å²) in [6.45, 7) is 1.94. The second-order valence-electron chi connectivity index (χ2n) is 4.64. The van der Waals surface area contributed by atoms with Crippen LogP contribution >= 0.6 is 0 Å². The van der Waals surface area contributed by atoms with Gasteiger partial charge in [0.2, 0.25) is 5.91 Å². The van der Waals surface area contributed by atoms with Crippen molar-refractivity contribution in [3.05, 3.63) is 47.8 Å². The highest BCUT2D eigenvalue weighted by Crippen LogP contribution is 2.20. The first-order valence-corrected chi connectivity index (χ1v) is 6.44. The van der Waals surface area contributed by atoms with E-state index in [4.69, 9.17) is 0 Å². The minimum absolute atomic E-state index is 0.123. The molecule has 0 bridgehead atoms. The van der Waals surface area contributed by atoms with E-state index in [0.29, 0.717) is 11.3 Å². The first kappa shape index (κ1) is 15.0. The van der Waals surface area contributed by atoms with E-state index in [1.165, 1.54) is 10.7 Å². The third-order valence-corrected chi connectivity index (χ3v) is 3.04. The molecular formula is C14H16F2N4O. The van der Waals surface area contributed by atoms with Crippen molar-refractivity contribution < 1.29 is 13.6 Å². The van der Waals surface area contributed by atoms with E-state index in [0.717, 1.165) is 12.1 Å². The van der Waals surface area contributed by atoms with Gasteiger partial charge in [-0.25, -0.2) is 8.78 Å². The summed E-state index contributed by atoms with van der Waals surface area (Å²) in [5.41, 5.74) is 1.31. The van der Waals surface area contributed by atoms with Gasteiger partial charge in [-0.3, -0.25) is 9.48 Å². The zero-order chi connectivity index (χ0) is 15.4. The number of rotatable bonds is 5. The molecule has 1 aromatic heterocycles. The van der Waals surface area contributed by atoms with Crippen LogP contribution in [-0.2, 0) is 11.3 Å². The number of hydrogen-bond donors (Lipinski definition) is 2. The predicted molar refractivity (Wildman–Crippen MR) is 74.7 cm³/mol. The van der Waals surface area contributed by atoms with Crippen molar-refractivity contribution in [1.29, 1.82) is 0 Å². The molecule has 0 radical (unpaired) electrons. The van der Waals surface area contributed by atoms with Crippen molar-refractivity contribution in [3.8, 4) is 0 Å². The Bertz CT molecular complexity index is 642. The number of nitrogens with zero attached hydrogens (tertiary/aromatic N) is 2. The average molecular weight is 294 g/mol. The van der Waals surface area contributed by atoms with Gasteiger partial charge in [-0.15, -0.1) is 0 Å². The SMILES string of the molecule is CNC(=O)Cn1cc(NC(C)c2ccc(F)c(F)c2)cn1. The molecule has 2 N–H and O–H groups in total. The number of anilines is 1. The van der Waals surface area contributed by atoms with E-state index in [2.05, 4.69) is 15.7 Å². The molecule has 2 rings (SSSR count). The number of aromatic nitrogens is 2. The molecule has 21 heavy (non-hydrogen) atoms. The van der Waals surface area contributed by atoms with Gasteiger partial charge in [-0.05, 0) is 24.6 Å². The molecule has 2 aromatic rings. The molecule has 1 unspecified atom stereocenters. The maximum absolute atomic E-state index is 13.2. The van der Waals surface area contributed by atoms with Crippen LogP contribution in [0.15, 0.2) is 30.6 Å². The number of carbonyl (C=O) groups excluding carboxylic acids is 1. The lowest BCUT2D eigenvalue weighted by Gasteiger charge is -2.14. The number of halogens is 2. The zero-order valence-electron chi connectivity index (χ0n) is 11.7. The van der Waals surface area contributed by atoms with E-state index in [-0.39, 0.29) is 18.5 Å². The van der Waals surface area contributed by atoms with Crippen molar-refractivity contribution in [3.63, 3.8) is 0 Å². The number of nitrogens with one attached hydrogen (secondary N) is 2. The lowest BCUT2D eigenvalue weighted by Crippen LogP contribution is -2.23. The Morgan fingerprint density at radius 2 is 2.14 bits per heavy atom. The number of amides is 1. The smallest absolute Gasteiger partial charge is 0.241 e. The Kier molecular flexibility index (Phi) is 4.52. The molecular weight excluding hydrogens is 278 g/mol. The molecule has 1 atom stereocenters. The van der Waals surface area contributed by atoms with Crippen LogP contribution in [0, 0.1) is 11.6 Å². The molecule has 0 saturated heterocycles.